The topological polar surface area (TPSA) is 71.3 Å². The van der Waals surface area contributed by atoms with E-state index in [2.05, 4.69) is 34.2 Å². The number of nitrogens with one attached hydrogen (secondary N) is 1. The maximum atomic E-state index is 12.6. The number of carbonyl (C=O) groups excluding carboxylic acids is 1. The predicted molar refractivity (Wildman–Crippen MR) is 109 cm³/mol. The molecule has 0 aliphatic heterocycles. The number of halogens is 1. The van der Waals surface area contributed by atoms with Gasteiger partial charge in [0.1, 0.15) is 0 Å². The smallest absolute Gasteiger partial charge is 0.273 e. The first kappa shape index (κ1) is 20.0. The maximum absolute atomic E-state index is 12.6. The van der Waals surface area contributed by atoms with Gasteiger partial charge in [-0.1, -0.05) is 48.8 Å². The molecule has 0 spiro atoms. The van der Waals surface area contributed by atoms with Crippen LogP contribution in [0.15, 0.2) is 59.4 Å². The van der Waals surface area contributed by atoms with Gasteiger partial charge in [-0.15, -0.1) is 0 Å². The summed E-state index contributed by atoms with van der Waals surface area (Å²) in [6.45, 7) is 6.29. The first-order chi connectivity index (χ1) is 13.6. The van der Waals surface area contributed by atoms with Gasteiger partial charge in [0, 0.05) is 35.6 Å². The SMILES string of the molecule is CCN(CC)C(CNC(=O)c1cc(-c2cccnc2)on1)c1ccccc1Cl. The number of hydrogen-bond donors (Lipinski definition) is 1. The van der Waals surface area contributed by atoms with Crippen LogP contribution in [0.2, 0.25) is 5.02 Å². The molecule has 1 atom stereocenters. The number of likely N-dealkylation sites (N-methyl/N-ethyl adjacent to an activating group) is 1. The minimum atomic E-state index is -0.289. The van der Waals surface area contributed by atoms with Crippen molar-refractivity contribution in [2.45, 2.75) is 19.9 Å². The molecule has 3 aromatic rings. The van der Waals surface area contributed by atoms with Crippen LogP contribution in [0, 0.1) is 0 Å². The fourth-order valence-electron chi connectivity index (χ4n) is 3.15. The Morgan fingerprint density at radius 2 is 2.00 bits per heavy atom. The molecule has 0 saturated carbocycles. The quantitative estimate of drug-likeness (QED) is 0.615. The van der Waals surface area contributed by atoms with Gasteiger partial charge in [-0.3, -0.25) is 14.7 Å². The van der Waals surface area contributed by atoms with Crippen molar-refractivity contribution < 1.29 is 9.32 Å². The number of nitrogens with zero attached hydrogens (tertiary/aromatic N) is 3. The lowest BCUT2D eigenvalue weighted by molar-refractivity contribution is 0.0926. The van der Waals surface area contributed by atoms with Crippen LogP contribution in [-0.4, -0.2) is 40.6 Å². The van der Waals surface area contributed by atoms with Gasteiger partial charge in [0.15, 0.2) is 11.5 Å². The van der Waals surface area contributed by atoms with E-state index in [0.717, 1.165) is 24.2 Å². The van der Waals surface area contributed by atoms with Gasteiger partial charge < -0.3 is 9.84 Å². The number of rotatable bonds is 8. The number of carbonyl (C=O) groups is 1. The Balaban J connectivity index is 1.74. The molecule has 2 aromatic heterocycles. The molecule has 0 aliphatic rings. The first-order valence-electron chi connectivity index (χ1n) is 9.27. The second kappa shape index (κ2) is 9.48. The molecule has 0 aliphatic carbocycles. The van der Waals surface area contributed by atoms with Crippen LogP contribution < -0.4 is 5.32 Å². The van der Waals surface area contributed by atoms with Crippen LogP contribution >= 0.6 is 11.6 Å². The summed E-state index contributed by atoms with van der Waals surface area (Å²) in [7, 11) is 0. The summed E-state index contributed by atoms with van der Waals surface area (Å²) in [4.78, 5) is 18.9. The molecule has 1 amide bonds. The molecule has 1 N–H and O–H groups in total. The van der Waals surface area contributed by atoms with E-state index < -0.39 is 0 Å². The van der Waals surface area contributed by atoms with Crippen molar-refractivity contribution in [1.29, 1.82) is 0 Å². The fourth-order valence-corrected chi connectivity index (χ4v) is 3.41. The van der Waals surface area contributed by atoms with E-state index in [4.69, 9.17) is 16.1 Å². The van der Waals surface area contributed by atoms with Gasteiger partial charge in [0.25, 0.3) is 5.91 Å². The third kappa shape index (κ3) is 4.58. The Labute approximate surface area is 169 Å². The predicted octanol–water partition coefficient (Wildman–Crippen LogP) is 4.20. The van der Waals surface area contributed by atoms with E-state index >= 15 is 0 Å². The van der Waals surface area contributed by atoms with Gasteiger partial charge in [-0.05, 0) is 36.9 Å². The number of amides is 1. The van der Waals surface area contributed by atoms with Crippen molar-refractivity contribution in [1.82, 2.24) is 20.4 Å². The Bertz CT molecular complexity index is 910. The van der Waals surface area contributed by atoms with Crippen LogP contribution in [-0.2, 0) is 0 Å². The number of benzene rings is 1. The van der Waals surface area contributed by atoms with Gasteiger partial charge in [0.2, 0.25) is 0 Å². The van der Waals surface area contributed by atoms with E-state index in [1.54, 1.807) is 24.5 Å². The molecule has 0 fully saturated rings. The zero-order valence-electron chi connectivity index (χ0n) is 15.9. The maximum Gasteiger partial charge on any atom is 0.273 e. The first-order valence-corrected chi connectivity index (χ1v) is 9.65. The summed E-state index contributed by atoms with van der Waals surface area (Å²) in [6.07, 6.45) is 3.34. The fraction of sp³-hybridized carbons (Fsp3) is 0.286. The van der Waals surface area contributed by atoms with Crippen LogP contribution in [0.25, 0.3) is 11.3 Å². The zero-order chi connectivity index (χ0) is 19.9. The van der Waals surface area contributed by atoms with Crippen LogP contribution in [0.4, 0.5) is 0 Å². The van der Waals surface area contributed by atoms with E-state index in [0.29, 0.717) is 17.3 Å². The van der Waals surface area contributed by atoms with Crippen molar-refractivity contribution in [3.63, 3.8) is 0 Å². The lowest BCUT2D eigenvalue weighted by Gasteiger charge is -2.30. The van der Waals surface area contributed by atoms with Gasteiger partial charge in [-0.2, -0.15) is 0 Å². The Kier molecular flexibility index (Phi) is 6.79. The van der Waals surface area contributed by atoms with Crippen molar-refractivity contribution in [2.75, 3.05) is 19.6 Å². The molecule has 1 unspecified atom stereocenters. The average Bonchev–Trinajstić information content (AvgIpc) is 3.23. The minimum Gasteiger partial charge on any atom is -0.355 e. The Morgan fingerprint density at radius 1 is 1.21 bits per heavy atom. The largest absolute Gasteiger partial charge is 0.355 e. The standard InChI is InChI=1S/C21H23ClN4O2/c1-3-26(4-2)19(16-9-5-6-10-17(16)22)14-24-21(27)18-12-20(28-25-18)15-8-7-11-23-13-15/h5-13,19H,3-4,14H2,1-2H3,(H,24,27). The molecule has 7 heteroatoms. The summed E-state index contributed by atoms with van der Waals surface area (Å²) in [5.41, 5.74) is 1.99. The molecule has 28 heavy (non-hydrogen) atoms. The molecule has 2 heterocycles. The Hall–Kier alpha value is -2.70. The molecule has 1 aromatic carbocycles. The van der Waals surface area contributed by atoms with Gasteiger partial charge in [0.05, 0.1) is 6.04 Å². The lowest BCUT2D eigenvalue weighted by Crippen LogP contribution is -2.38. The molecule has 0 saturated heterocycles. The van der Waals surface area contributed by atoms with Crippen molar-refractivity contribution in [2.24, 2.45) is 0 Å². The summed E-state index contributed by atoms with van der Waals surface area (Å²) < 4.78 is 5.29. The molecular weight excluding hydrogens is 376 g/mol. The van der Waals surface area contributed by atoms with E-state index in [-0.39, 0.29) is 17.6 Å². The van der Waals surface area contributed by atoms with Crippen LogP contribution in [0.3, 0.4) is 0 Å². The number of hydrogen-bond acceptors (Lipinski definition) is 5. The van der Waals surface area contributed by atoms with Crippen molar-refractivity contribution in [3.8, 4) is 11.3 Å². The second-order valence-electron chi connectivity index (χ2n) is 6.29. The number of pyridine rings is 1. The lowest BCUT2D eigenvalue weighted by atomic mass is 10.0. The molecule has 6 nitrogen and oxygen atoms in total. The van der Waals surface area contributed by atoms with Crippen LogP contribution in [0.5, 0.6) is 0 Å². The monoisotopic (exact) mass is 398 g/mol. The summed E-state index contributed by atoms with van der Waals surface area (Å²) >= 11 is 6.41. The molecular formula is C21H23ClN4O2. The summed E-state index contributed by atoms with van der Waals surface area (Å²) in [5.74, 6) is 0.216. The van der Waals surface area contributed by atoms with E-state index in [1.165, 1.54) is 0 Å². The highest BCUT2D eigenvalue weighted by molar-refractivity contribution is 6.31. The Morgan fingerprint density at radius 3 is 2.68 bits per heavy atom. The molecule has 146 valence electrons. The second-order valence-corrected chi connectivity index (χ2v) is 6.69. The molecule has 0 bridgehead atoms. The average molecular weight is 399 g/mol. The highest BCUT2D eigenvalue weighted by atomic mass is 35.5. The van der Waals surface area contributed by atoms with Crippen molar-refractivity contribution in [3.05, 3.63) is 71.1 Å². The van der Waals surface area contributed by atoms with Gasteiger partial charge >= 0.3 is 0 Å². The molecule has 0 radical (unpaired) electrons. The highest BCUT2D eigenvalue weighted by Crippen LogP contribution is 2.27. The third-order valence-electron chi connectivity index (χ3n) is 4.66. The van der Waals surface area contributed by atoms with Crippen molar-refractivity contribution >= 4 is 17.5 Å². The van der Waals surface area contributed by atoms with E-state index in [1.807, 2.05) is 30.3 Å². The molecule has 3 rings (SSSR count). The third-order valence-corrected chi connectivity index (χ3v) is 5.01. The summed E-state index contributed by atoms with van der Waals surface area (Å²) in [6, 6.07) is 13.0. The van der Waals surface area contributed by atoms with Gasteiger partial charge in [-0.25, -0.2) is 0 Å². The minimum absolute atomic E-state index is 0.0302. The zero-order valence-corrected chi connectivity index (χ0v) is 16.7. The van der Waals surface area contributed by atoms with Crippen LogP contribution in [0.1, 0.15) is 35.9 Å². The summed E-state index contributed by atoms with van der Waals surface area (Å²) in [5, 5.41) is 7.54. The van der Waals surface area contributed by atoms with E-state index in [9.17, 15) is 4.79 Å². The number of aromatic nitrogens is 2. The normalized spacial score (nSPS) is 12.1. The highest BCUT2D eigenvalue weighted by Gasteiger charge is 2.22.